The number of aromatic nitrogens is 5. The normalized spacial score (nSPS) is 13.4. The van der Waals surface area contributed by atoms with Crippen molar-refractivity contribution in [2.45, 2.75) is 26.8 Å². The number of hydrogen-bond donors (Lipinski definition) is 0. The summed E-state index contributed by atoms with van der Waals surface area (Å²) < 4.78 is 1.79. The van der Waals surface area contributed by atoms with Gasteiger partial charge in [0.05, 0.1) is 6.20 Å². The van der Waals surface area contributed by atoms with E-state index in [1.165, 1.54) is 5.56 Å². The van der Waals surface area contributed by atoms with Crippen LogP contribution in [0.15, 0.2) is 24.7 Å². The lowest BCUT2D eigenvalue weighted by Gasteiger charge is -2.30. The van der Waals surface area contributed by atoms with Crippen LogP contribution in [0.3, 0.4) is 0 Å². The Morgan fingerprint density at radius 2 is 1.96 bits per heavy atom. The molecule has 130 valence electrons. The number of aryl methyl sites for hydroxylation is 1. The van der Waals surface area contributed by atoms with Crippen molar-refractivity contribution in [3.8, 4) is 17.2 Å². The highest BCUT2D eigenvalue weighted by atomic mass is 15.3. The van der Waals surface area contributed by atoms with E-state index in [4.69, 9.17) is 5.26 Å². The SMILES string of the molecule is Cc1c(C#N)nnc(N2CCc3ncc(-c4cnn(C)c4)cc3C2)c1C. The molecule has 0 amide bonds. The highest BCUT2D eigenvalue weighted by molar-refractivity contribution is 5.63. The zero-order chi connectivity index (χ0) is 18.3. The van der Waals surface area contributed by atoms with Crippen LogP contribution in [-0.4, -0.2) is 31.5 Å². The van der Waals surface area contributed by atoms with Crippen molar-refractivity contribution in [1.82, 2.24) is 25.0 Å². The Morgan fingerprint density at radius 3 is 2.69 bits per heavy atom. The van der Waals surface area contributed by atoms with Gasteiger partial charge in [0.25, 0.3) is 0 Å². The van der Waals surface area contributed by atoms with Gasteiger partial charge in [-0.25, -0.2) is 0 Å². The molecule has 1 aliphatic rings. The van der Waals surface area contributed by atoms with Gasteiger partial charge >= 0.3 is 0 Å². The smallest absolute Gasteiger partial charge is 0.166 e. The summed E-state index contributed by atoms with van der Waals surface area (Å²) in [6.07, 6.45) is 6.62. The second-order valence-electron chi connectivity index (χ2n) is 6.64. The van der Waals surface area contributed by atoms with Crippen molar-refractivity contribution in [2.24, 2.45) is 7.05 Å². The van der Waals surface area contributed by atoms with Crippen molar-refractivity contribution >= 4 is 5.82 Å². The zero-order valence-electron chi connectivity index (χ0n) is 15.1. The first-order chi connectivity index (χ1) is 12.6. The van der Waals surface area contributed by atoms with E-state index < -0.39 is 0 Å². The number of nitriles is 1. The Bertz CT molecular complexity index is 1030. The standard InChI is InChI=1S/C19H19N7/c1-12-13(2)19(24-23-18(12)7-20)26-5-4-17-15(11-26)6-14(8-21-17)16-9-22-25(3)10-16/h6,8-10H,4-5,11H2,1-3H3. The third-order valence-electron chi connectivity index (χ3n) is 4.98. The summed E-state index contributed by atoms with van der Waals surface area (Å²) in [6.45, 7) is 5.50. The van der Waals surface area contributed by atoms with E-state index in [1.807, 2.05) is 39.5 Å². The van der Waals surface area contributed by atoms with E-state index in [0.717, 1.165) is 53.3 Å². The van der Waals surface area contributed by atoms with Crippen molar-refractivity contribution in [1.29, 1.82) is 5.26 Å². The van der Waals surface area contributed by atoms with Gasteiger partial charge in [-0.1, -0.05) is 0 Å². The molecule has 0 N–H and O–H groups in total. The lowest BCUT2D eigenvalue weighted by atomic mass is 10.0. The second kappa shape index (κ2) is 6.23. The van der Waals surface area contributed by atoms with Gasteiger partial charge in [-0.2, -0.15) is 10.4 Å². The van der Waals surface area contributed by atoms with Crippen molar-refractivity contribution in [2.75, 3.05) is 11.4 Å². The van der Waals surface area contributed by atoms with Gasteiger partial charge in [0.1, 0.15) is 6.07 Å². The first-order valence-corrected chi connectivity index (χ1v) is 8.52. The predicted molar refractivity (Wildman–Crippen MR) is 97.4 cm³/mol. The molecule has 3 aromatic rings. The summed E-state index contributed by atoms with van der Waals surface area (Å²) in [7, 11) is 1.91. The Kier molecular flexibility index (Phi) is 3.88. The fourth-order valence-corrected chi connectivity index (χ4v) is 3.33. The van der Waals surface area contributed by atoms with Gasteiger partial charge in [-0.15, -0.1) is 10.2 Å². The average molecular weight is 345 g/mol. The quantitative estimate of drug-likeness (QED) is 0.709. The van der Waals surface area contributed by atoms with Gasteiger partial charge in [-0.05, 0) is 36.6 Å². The van der Waals surface area contributed by atoms with Crippen LogP contribution in [0.4, 0.5) is 5.82 Å². The predicted octanol–water partition coefficient (Wildman–Crippen LogP) is 2.32. The van der Waals surface area contributed by atoms with Crippen LogP contribution in [0.2, 0.25) is 0 Å². The summed E-state index contributed by atoms with van der Waals surface area (Å²) >= 11 is 0. The first-order valence-electron chi connectivity index (χ1n) is 8.52. The molecular weight excluding hydrogens is 326 g/mol. The Morgan fingerprint density at radius 1 is 1.12 bits per heavy atom. The molecular formula is C19H19N7. The summed E-state index contributed by atoms with van der Waals surface area (Å²) in [4.78, 5) is 6.87. The van der Waals surface area contributed by atoms with Crippen molar-refractivity contribution in [3.63, 3.8) is 0 Å². The summed E-state index contributed by atoms with van der Waals surface area (Å²) in [5.41, 5.74) is 6.75. The van der Waals surface area contributed by atoms with Crippen LogP contribution < -0.4 is 4.90 Å². The number of rotatable bonds is 2. The molecule has 7 heteroatoms. The summed E-state index contributed by atoms with van der Waals surface area (Å²) in [5, 5.41) is 21.8. The molecule has 7 nitrogen and oxygen atoms in total. The molecule has 0 spiro atoms. The average Bonchev–Trinajstić information content (AvgIpc) is 3.09. The lowest BCUT2D eigenvalue weighted by molar-refractivity contribution is 0.692. The minimum absolute atomic E-state index is 0.393. The fourth-order valence-electron chi connectivity index (χ4n) is 3.33. The number of pyridine rings is 1. The third kappa shape index (κ3) is 2.69. The van der Waals surface area contributed by atoms with E-state index in [0.29, 0.717) is 5.69 Å². The monoisotopic (exact) mass is 345 g/mol. The van der Waals surface area contributed by atoms with Gasteiger partial charge in [-0.3, -0.25) is 9.67 Å². The molecule has 0 fully saturated rings. The molecule has 0 aromatic carbocycles. The third-order valence-corrected chi connectivity index (χ3v) is 4.98. The van der Waals surface area contributed by atoms with E-state index in [2.05, 4.69) is 37.3 Å². The minimum atomic E-state index is 0.393. The fraction of sp³-hybridized carbons (Fsp3) is 0.316. The van der Waals surface area contributed by atoms with Crippen LogP contribution in [-0.2, 0) is 20.0 Å². The molecule has 4 heterocycles. The zero-order valence-corrected chi connectivity index (χ0v) is 15.1. The lowest BCUT2D eigenvalue weighted by Crippen LogP contribution is -2.32. The molecule has 0 radical (unpaired) electrons. The van der Waals surface area contributed by atoms with E-state index in [9.17, 15) is 0 Å². The number of fused-ring (bicyclic) bond motifs is 1. The van der Waals surface area contributed by atoms with Crippen LogP contribution in [0, 0.1) is 25.2 Å². The van der Waals surface area contributed by atoms with E-state index >= 15 is 0 Å². The number of hydrogen-bond acceptors (Lipinski definition) is 6. The summed E-state index contributed by atoms with van der Waals surface area (Å²) in [6, 6.07) is 4.28. The topological polar surface area (TPSA) is 83.5 Å². The highest BCUT2D eigenvalue weighted by Crippen LogP contribution is 2.28. The summed E-state index contributed by atoms with van der Waals surface area (Å²) in [5.74, 6) is 0.846. The highest BCUT2D eigenvalue weighted by Gasteiger charge is 2.22. The van der Waals surface area contributed by atoms with Crippen LogP contribution in [0.25, 0.3) is 11.1 Å². The molecule has 0 aliphatic carbocycles. The van der Waals surface area contributed by atoms with Crippen LogP contribution in [0.1, 0.15) is 28.1 Å². The number of anilines is 1. The van der Waals surface area contributed by atoms with Crippen molar-refractivity contribution in [3.05, 3.63) is 52.7 Å². The second-order valence-corrected chi connectivity index (χ2v) is 6.64. The van der Waals surface area contributed by atoms with Gasteiger partial charge in [0.2, 0.25) is 0 Å². The van der Waals surface area contributed by atoms with Gasteiger partial charge in [0, 0.05) is 55.8 Å². The largest absolute Gasteiger partial charge is 0.350 e. The maximum atomic E-state index is 9.13. The molecule has 26 heavy (non-hydrogen) atoms. The maximum absolute atomic E-state index is 9.13. The molecule has 3 aromatic heterocycles. The molecule has 0 bridgehead atoms. The molecule has 1 aliphatic heterocycles. The molecule has 0 saturated heterocycles. The van der Waals surface area contributed by atoms with Crippen LogP contribution in [0.5, 0.6) is 0 Å². The maximum Gasteiger partial charge on any atom is 0.166 e. The molecule has 0 unspecified atom stereocenters. The van der Waals surface area contributed by atoms with Crippen molar-refractivity contribution < 1.29 is 0 Å². The van der Waals surface area contributed by atoms with Gasteiger partial charge in [0.15, 0.2) is 11.5 Å². The number of nitrogens with zero attached hydrogens (tertiary/aromatic N) is 7. The van der Waals surface area contributed by atoms with Crippen LogP contribution >= 0.6 is 0 Å². The Labute approximate surface area is 151 Å². The molecule has 0 atom stereocenters. The minimum Gasteiger partial charge on any atom is -0.350 e. The molecule has 0 saturated carbocycles. The Hall–Kier alpha value is -3.27. The Balaban J connectivity index is 1.67. The first kappa shape index (κ1) is 16.2. The van der Waals surface area contributed by atoms with E-state index in [1.54, 1.807) is 4.68 Å². The molecule has 4 rings (SSSR count). The van der Waals surface area contributed by atoms with E-state index in [-0.39, 0.29) is 0 Å². The van der Waals surface area contributed by atoms with Gasteiger partial charge < -0.3 is 4.90 Å².